The van der Waals surface area contributed by atoms with Gasteiger partial charge in [0.05, 0.1) is 31.0 Å². The maximum atomic E-state index is 11.2. The van der Waals surface area contributed by atoms with Gasteiger partial charge >= 0.3 is 5.97 Å². The molecule has 6 heteroatoms. The number of nitrogens with zero attached hydrogens (tertiary/aromatic N) is 3. The molecule has 0 N–H and O–H groups in total. The van der Waals surface area contributed by atoms with Gasteiger partial charge in [0.25, 0.3) is 0 Å². The van der Waals surface area contributed by atoms with Crippen LogP contribution in [0.3, 0.4) is 0 Å². The fourth-order valence-corrected chi connectivity index (χ4v) is 3.88. The number of carbonyl (C=O) groups is 1. The Balaban J connectivity index is 1.39. The number of rotatable bonds is 10. The summed E-state index contributed by atoms with van der Waals surface area (Å²) in [4.78, 5) is 16.0. The van der Waals surface area contributed by atoms with Gasteiger partial charge in [0.1, 0.15) is 11.6 Å². The van der Waals surface area contributed by atoms with Crippen LogP contribution in [0.5, 0.6) is 5.75 Å². The average molecular weight is 492 g/mol. The highest BCUT2D eigenvalue weighted by Crippen LogP contribution is 2.24. The standard InChI is InChI=1S/C31H29N3O3/c1-3-34-22-29(27-13-8-24(21-32)9-14-27)33-30(34)19-10-23-6-11-25(12-7-23)26-15-17-28(18-16-26)37-20-4-5-31(35)36-2/h6-19,22H,3-5,20H2,1-2H3/b19-10+. The lowest BCUT2D eigenvalue weighted by molar-refractivity contribution is -0.140. The zero-order valence-electron chi connectivity index (χ0n) is 21.1. The molecule has 0 saturated carbocycles. The van der Waals surface area contributed by atoms with Gasteiger partial charge in [0.15, 0.2) is 0 Å². The number of aryl methyl sites for hydroxylation is 1. The number of hydrogen-bond donors (Lipinski definition) is 0. The van der Waals surface area contributed by atoms with Crippen molar-refractivity contribution in [2.75, 3.05) is 13.7 Å². The minimum absolute atomic E-state index is 0.222. The lowest BCUT2D eigenvalue weighted by Crippen LogP contribution is -2.04. The number of aromatic nitrogens is 2. The van der Waals surface area contributed by atoms with Gasteiger partial charge in [0.2, 0.25) is 0 Å². The number of esters is 1. The van der Waals surface area contributed by atoms with Gasteiger partial charge in [-0.3, -0.25) is 4.79 Å². The summed E-state index contributed by atoms with van der Waals surface area (Å²) in [6.45, 7) is 3.38. The number of hydrogen-bond acceptors (Lipinski definition) is 5. The summed E-state index contributed by atoms with van der Waals surface area (Å²) in [7, 11) is 1.39. The molecular weight excluding hydrogens is 462 g/mol. The van der Waals surface area contributed by atoms with Crippen LogP contribution in [0.2, 0.25) is 0 Å². The summed E-state index contributed by atoms with van der Waals surface area (Å²) >= 11 is 0. The van der Waals surface area contributed by atoms with E-state index in [1.54, 1.807) is 0 Å². The maximum Gasteiger partial charge on any atom is 0.305 e. The Hall–Kier alpha value is -4.63. The second-order valence-corrected chi connectivity index (χ2v) is 8.47. The molecule has 0 aliphatic carbocycles. The Labute approximate surface area is 217 Å². The molecule has 0 unspecified atom stereocenters. The molecule has 6 nitrogen and oxygen atoms in total. The molecule has 4 aromatic rings. The summed E-state index contributed by atoms with van der Waals surface area (Å²) in [5, 5.41) is 9.02. The van der Waals surface area contributed by atoms with Crippen LogP contribution in [0.1, 0.15) is 36.7 Å². The Morgan fingerprint density at radius 3 is 2.22 bits per heavy atom. The third kappa shape index (κ3) is 6.74. The summed E-state index contributed by atoms with van der Waals surface area (Å²) < 4.78 is 12.5. The first-order valence-electron chi connectivity index (χ1n) is 12.3. The van der Waals surface area contributed by atoms with E-state index >= 15 is 0 Å². The van der Waals surface area contributed by atoms with Crippen molar-refractivity contribution >= 4 is 18.1 Å². The van der Waals surface area contributed by atoms with Gasteiger partial charge in [-0.05, 0) is 60.4 Å². The highest BCUT2D eigenvalue weighted by atomic mass is 16.5. The lowest BCUT2D eigenvalue weighted by atomic mass is 10.0. The second-order valence-electron chi connectivity index (χ2n) is 8.47. The molecule has 0 amide bonds. The molecule has 0 bridgehead atoms. The van der Waals surface area contributed by atoms with Crippen LogP contribution in [0.15, 0.2) is 79.0 Å². The summed E-state index contributed by atoms with van der Waals surface area (Å²) in [6.07, 6.45) is 7.10. The van der Waals surface area contributed by atoms with Crippen molar-refractivity contribution in [3.05, 3.63) is 95.9 Å². The zero-order valence-corrected chi connectivity index (χ0v) is 21.1. The van der Waals surface area contributed by atoms with E-state index in [4.69, 9.17) is 15.0 Å². The van der Waals surface area contributed by atoms with Gasteiger partial charge in [-0.15, -0.1) is 0 Å². The van der Waals surface area contributed by atoms with E-state index in [0.29, 0.717) is 25.0 Å². The predicted octanol–water partition coefficient (Wildman–Crippen LogP) is 6.61. The molecule has 0 radical (unpaired) electrons. The van der Waals surface area contributed by atoms with E-state index in [-0.39, 0.29) is 5.97 Å². The van der Waals surface area contributed by atoms with Crippen molar-refractivity contribution in [2.45, 2.75) is 26.3 Å². The number of benzene rings is 3. The fraction of sp³-hybridized carbons (Fsp3) is 0.194. The molecule has 0 fully saturated rings. The second kappa shape index (κ2) is 12.4. The van der Waals surface area contributed by atoms with Gasteiger partial charge in [0, 0.05) is 24.7 Å². The summed E-state index contributed by atoms with van der Waals surface area (Å²) in [6, 6.07) is 25.9. The predicted molar refractivity (Wildman–Crippen MR) is 146 cm³/mol. The molecular formula is C31H29N3O3. The van der Waals surface area contributed by atoms with Crippen LogP contribution < -0.4 is 4.74 Å². The van der Waals surface area contributed by atoms with Crippen LogP contribution in [0, 0.1) is 11.3 Å². The van der Waals surface area contributed by atoms with Crippen molar-refractivity contribution in [1.29, 1.82) is 5.26 Å². The van der Waals surface area contributed by atoms with E-state index in [2.05, 4.69) is 52.6 Å². The SMILES string of the molecule is CCn1cc(-c2ccc(C#N)cc2)nc1/C=C/c1ccc(-c2ccc(OCCCC(=O)OC)cc2)cc1. The zero-order chi connectivity index (χ0) is 26.0. The van der Waals surface area contributed by atoms with Crippen molar-refractivity contribution in [1.82, 2.24) is 9.55 Å². The van der Waals surface area contributed by atoms with Gasteiger partial charge in [-0.1, -0.05) is 54.6 Å². The number of ether oxygens (including phenoxy) is 2. The molecule has 4 rings (SSSR count). The number of carbonyl (C=O) groups excluding carboxylic acids is 1. The molecule has 0 aliphatic rings. The molecule has 1 aromatic heterocycles. The van der Waals surface area contributed by atoms with Crippen LogP contribution in [-0.4, -0.2) is 29.2 Å². The number of methoxy groups -OCH3 is 1. The third-order valence-electron chi connectivity index (χ3n) is 6.00. The molecule has 0 aliphatic heterocycles. The summed E-state index contributed by atoms with van der Waals surface area (Å²) in [5.41, 5.74) is 5.82. The van der Waals surface area contributed by atoms with E-state index in [1.165, 1.54) is 7.11 Å². The third-order valence-corrected chi connectivity index (χ3v) is 6.00. The smallest absolute Gasteiger partial charge is 0.305 e. The Morgan fingerprint density at radius 1 is 0.946 bits per heavy atom. The van der Waals surface area contributed by atoms with Crippen LogP contribution in [-0.2, 0) is 16.1 Å². The first-order chi connectivity index (χ1) is 18.1. The van der Waals surface area contributed by atoms with Crippen molar-refractivity contribution in [3.63, 3.8) is 0 Å². The Kier molecular flexibility index (Phi) is 8.51. The lowest BCUT2D eigenvalue weighted by Gasteiger charge is -2.07. The Bertz CT molecular complexity index is 1390. The van der Waals surface area contributed by atoms with Crippen molar-refractivity contribution in [3.8, 4) is 34.2 Å². The van der Waals surface area contributed by atoms with Gasteiger partial charge in [-0.25, -0.2) is 4.98 Å². The van der Waals surface area contributed by atoms with E-state index in [0.717, 1.165) is 46.1 Å². The monoisotopic (exact) mass is 491 g/mol. The quantitative estimate of drug-likeness (QED) is 0.184. The molecule has 0 atom stereocenters. The molecule has 37 heavy (non-hydrogen) atoms. The van der Waals surface area contributed by atoms with Crippen LogP contribution >= 0.6 is 0 Å². The van der Waals surface area contributed by atoms with Gasteiger partial charge < -0.3 is 14.0 Å². The Morgan fingerprint density at radius 2 is 1.59 bits per heavy atom. The highest BCUT2D eigenvalue weighted by molar-refractivity contribution is 5.72. The molecule has 0 saturated heterocycles. The molecule has 0 spiro atoms. The summed E-state index contributed by atoms with van der Waals surface area (Å²) in [5.74, 6) is 1.44. The van der Waals surface area contributed by atoms with Crippen molar-refractivity contribution in [2.24, 2.45) is 0 Å². The fourth-order valence-electron chi connectivity index (χ4n) is 3.88. The van der Waals surface area contributed by atoms with Crippen LogP contribution in [0.4, 0.5) is 0 Å². The minimum Gasteiger partial charge on any atom is -0.494 e. The van der Waals surface area contributed by atoms with E-state index in [1.807, 2.05) is 60.8 Å². The number of imidazole rings is 1. The van der Waals surface area contributed by atoms with E-state index < -0.39 is 0 Å². The topological polar surface area (TPSA) is 77.1 Å². The van der Waals surface area contributed by atoms with Crippen molar-refractivity contribution < 1.29 is 14.3 Å². The average Bonchev–Trinajstić information content (AvgIpc) is 3.38. The molecule has 3 aromatic carbocycles. The van der Waals surface area contributed by atoms with Crippen LogP contribution in [0.25, 0.3) is 34.5 Å². The van der Waals surface area contributed by atoms with E-state index in [9.17, 15) is 4.79 Å². The largest absolute Gasteiger partial charge is 0.494 e. The first-order valence-corrected chi connectivity index (χ1v) is 12.3. The minimum atomic E-state index is -0.222. The first kappa shape index (κ1) is 25.5. The normalized spacial score (nSPS) is 10.8. The molecule has 186 valence electrons. The highest BCUT2D eigenvalue weighted by Gasteiger charge is 2.07. The number of nitriles is 1. The molecule has 1 heterocycles. The van der Waals surface area contributed by atoms with Gasteiger partial charge in [-0.2, -0.15) is 5.26 Å². The maximum absolute atomic E-state index is 11.2.